The highest BCUT2D eigenvalue weighted by atomic mass is 32.2. The number of likely N-dealkylation sites (N-methyl/N-ethyl adjacent to an activating group) is 1. The fraction of sp³-hybridized carbons (Fsp3) is 0.294. The molecule has 3 aromatic rings. The number of fused-ring (bicyclic) bond motifs is 2. The van der Waals surface area contributed by atoms with Crippen LogP contribution in [0.4, 0.5) is 5.69 Å². The second-order valence-corrected chi connectivity index (χ2v) is 6.75. The number of nitrogens with one attached hydrogen (secondary N) is 2. The van der Waals surface area contributed by atoms with Crippen LogP contribution < -0.4 is 16.4 Å². The van der Waals surface area contributed by atoms with E-state index in [0.717, 1.165) is 41.5 Å². The van der Waals surface area contributed by atoms with Gasteiger partial charge in [-0.15, -0.1) is 0 Å². The molecule has 24 heavy (non-hydrogen) atoms. The van der Waals surface area contributed by atoms with Crippen molar-refractivity contribution in [1.29, 1.82) is 0 Å². The number of nitrogens with two attached hydrogens (primary N) is 1. The molecule has 1 aromatic carbocycles. The summed E-state index contributed by atoms with van der Waals surface area (Å²) in [5, 5.41) is 12.8. The normalized spacial score (nSPS) is 12.4. The van der Waals surface area contributed by atoms with Crippen molar-refractivity contribution in [3.63, 3.8) is 0 Å². The Hall–Kier alpha value is -2.09. The van der Waals surface area contributed by atoms with Gasteiger partial charge >= 0.3 is 0 Å². The van der Waals surface area contributed by atoms with Crippen LogP contribution in [0.3, 0.4) is 0 Å². The predicted molar refractivity (Wildman–Crippen MR) is 98.6 cm³/mol. The lowest BCUT2D eigenvalue weighted by molar-refractivity contribution is 0.602. The van der Waals surface area contributed by atoms with Crippen LogP contribution >= 0.6 is 11.8 Å². The fourth-order valence-electron chi connectivity index (χ4n) is 3.04. The quantitative estimate of drug-likeness (QED) is 0.499. The number of hydrogen-bond donors (Lipinski definition) is 3. The Balaban J connectivity index is 1.93. The third-order valence-electron chi connectivity index (χ3n) is 4.16. The van der Waals surface area contributed by atoms with Crippen molar-refractivity contribution in [3.8, 4) is 11.3 Å². The molecule has 0 fully saturated rings. The number of rotatable bonds is 6. The van der Waals surface area contributed by atoms with Crippen molar-refractivity contribution in [2.24, 2.45) is 5.73 Å². The van der Waals surface area contributed by atoms with Crippen LogP contribution in [0.5, 0.6) is 0 Å². The molecular formula is C17H20N6S. The number of anilines is 1. The Morgan fingerprint density at radius 3 is 3.00 bits per heavy atom. The monoisotopic (exact) mass is 340 g/mol. The van der Waals surface area contributed by atoms with Gasteiger partial charge in [-0.3, -0.25) is 9.67 Å². The second-order valence-electron chi connectivity index (χ2n) is 5.70. The van der Waals surface area contributed by atoms with Gasteiger partial charge in [0.2, 0.25) is 0 Å². The minimum Gasteiger partial charge on any atom is -0.383 e. The SMILES string of the molecule is CNCCn1nc2c3c(c(NCCN)ccc31)Sc1cnccc1-2. The number of hydrogen-bond acceptors (Lipinski definition) is 6. The van der Waals surface area contributed by atoms with Gasteiger partial charge in [-0.05, 0) is 25.2 Å². The molecule has 4 rings (SSSR count). The molecule has 7 heteroatoms. The summed E-state index contributed by atoms with van der Waals surface area (Å²) >= 11 is 1.75. The Bertz CT molecular complexity index is 888. The highest BCUT2D eigenvalue weighted by molar-refractivity contribution is 8.00. The molecule has 0 saturated carbocycles. The van der Waals surface area contributed by atoms with E-state index >= 15 is 0 Å². The van der Waals surface area contributed by atoms with E-state index in [9.17, 15) is 0 Å². The first kappa shape index (κ1) is 15.4. The van der Waals surface area contributed by atoms with Gasteiger partial charge in [0, 0.05) is 58.5 Å². The summed E-state index contributed by atoms with van der Waals surface area (Å²) in [6, 6.07) is 6.33. The third-order valence-corrected chi connectivity index (χ3v) is 5.33. The highest BCUT2D eigenvalue weighted by Gasteiger charge is 2.25. The summed E-state index contributed by atoms with van der Waals surface area (Å²) in [4.78, 5) is 6.64. The van der Waals surface area contributed by atoms with Gasteiger partial charge in [-0.25, -0.2) is 0 Å². The summed E-state index contributed by atoms with van der Waals surface area (Å²) in [5.74, 6) is 0. The molecule has 0 radical (unpaired) electrons. The number of pyridine rings is 1. The Kier molecular flexibility index (Phi) is 4.13. The van der Waals surface area contributed by atoms with Gasteiger partial charge in [0.05, 0.1) is 12.1 Å². The van der Waals surface area contributed by atoms with Crippen molar-refractivity contribution < 1.29 is 0 Å². The highest BCUT2D eigenvalue weighted by Crippen LogP contribution is 2.49. The first-order chi connectivity index (χ1) is 11.8. The summed E-state index contributed by atoms with van der Waals surface area (Å²) in [5.41, 5.74) is 10.1. The maximum atomic E-state index is 5.66. The number of aromatic nitrogens is 3. The first-order valence-electron chi connectivity index (χ1n) is 8.07. The molecule has 0 bridgehead atoms. The van der Waals surface area contributed by atoms with E-state index in [2.05, 4.69) is 38.5 Å². The Labute approximate surface area is 144 Å². The summed E-state index contributed by atoms with van der Waals surface area (Å²) in [7, 11) is 1.96. The molecule has 4 N–H and O–H groups in total. The van der Waals surface area contributed by atoms with Crippen molar-refractivity contribution in [2.75, 3.05) is 32.0 Å². The lowest BCUT2D eigenvalue weighted by Gasteiger charge is -2.18. The van der Waals surface area contributed by atoms with Gasteiger partial charge in [0.1, 0.15) is 5.69 Å². The summed E-state index contributed by atoms with van der Waals surface area (Å²) in [6.45, 7) is 3.08. The average molecular weight is 340 g/mol. The number of nitrogens with zero attached hydrogens (tertiary/aromatic N) is 3. The molecule has 0 amide bonds. The van der Waals surface area contributed by atoms with Crippen molar-refractivity contribution in [2.45, 2.75) is 16.3 Å². The van der Waals surface area contributed by atoms with E-state index in [1.54, 1.807) is 11.8 Å². The van der Waals surface area contributed by atoms with E-state index in [0.29, 0.717) is 6.54 Å². The van der Waals surface area contributed by atoms with Crippen LogP contribution in [-0.2, 0) is 6.54 Å². The van der Waals surface area contributed by atoms with Gasteiger partial charge in [-0.2, -0.15) is 5.10 Å². The van der Waals surface area contributed by atoms with Crippen molar-refractivity contribution >= 4 is 28.4 Å². The fourth-order valence-corrected chi connectivity index (χ4v) is 4.20. The second kappa shape index (κ2) is 6.43. The van der Waals surface area contributed by atoms with Crippen LogP contribution in [0.25, 0.3) is 22.2 Å². The standard InChI is InChI=1S/C17H20N6S/c1-19-8-9-23-13-3-2-12(21-7-5-18)17-15(13)16(22-23)11-4-6-20-10-14(11)24-17/h2-4,6,10,19,21H,5,7-9,18H2,1H3. The summed E-state index contributed by atoms with van der Waals surface area (Å²) < 4.78 is 2.09. The molecule has 0 atom stereocenters. The first-order valence-corrected chi connectivity index (χ1v) is 8.89. The molecule has 0 saturated heterocycles. The molecule has 1 aliphatic rings. The van der Waals surface area contributed by atoms with Gasteiger partial charge in [0.25, 0.3) is 0 Å². The van der Waals surface area contributed by atoms with Crippen molar-refractivity contribution in [3.05, 3.63) is 30.6 Å². The Morgan fingerprint density at radius 1 is 1.25 bits per heavy atom. The zero-order valence-electron chi connectivity index (χ0n) is 13.5. The minimum atomic E-state index is 0.606. The average Bonchev–Trinajstić information content (AvgIpc) is 2.99. The van der Waals surface area contributed by atoms with Crippen LogP contribution in [-0.4, -0.2) is 41.4 Å². The minimum absolute atomic E-state index is 0.606. The smallest absolute Gasteiger partial charge is 0.103 e. The van der Waals surface area contributed by atoms with Crippen molar-refractivity contribution in [1.82, 2.24) is 20.1 Å². The molecule has 0 spiro atoms. The van der Waals surface area contributed by atoms with E-state index in [1.165, 1.54) is 15.8 Å². The van der Waals surface area contributed by atoms with E-state index < -0.39 is 0 Å². The molecule has 6 nitrogen and oxygen atoms in total. The maximum absolute atomic E-state index is 5.66. The van der Waals surface area contributed by atoms with Gasteiger partial charge in [0.15, 0.2) is 0 Å². The molecule has 0 aliphatic carbocycles. The third kappa shape index (κ3) is 2.45. The summed E-state index contributed by atoms with van der Waals surface area (Å²) in [6.07, 6.45) is 3.75. The van der Waals surface area contributed by atoms with E-state index in [4.69, 9.17) is 10.8 Å². The van der Waals surface area contributed by atoms with Gasteiger partial charge in [-0.1, -0.05) is 11.8 Å². The van der Waals surface area contributed by atoms with E-state index in [1.807, 2.05) is 19.4 Å². The van der Waals surface area contributed by atoms with Crippen LogP contribution in [0.2, 0.25) is 0 Å². The topological polar surface area (TPSA) is 80.8 Å². The molecular weight excluding hydrogens is 320 g/mol. The zero-order chi connectivity index (χ0) is 16.5. The Morgan fingerprint density at radius 2 is 2.17 bits per heavy atom. The lowest BCUT2D eigenvalue weighted by Crippen LogP contribution is -2.15. The van der Waals surface area contributed by atoms with E-state index in [-0.39, 0.29) is 0 Å². The van der Waals surface area contributed by atoms with Crippen LogP contribution in [0.1, 0.15) is 0 Å². The molecule has 124 valence electrons. The maximum Gasteiger partial charge on any atom is 0.103 e. The molecule has 2 aromatic heterocycles. The predicted octanol–water partition coefficient (Wildman–Crippen LogP) is 2.15. The molecule has 1 aliphatic heterocycles. The van der Waals surface area contributed by atoms with Crippen LogP contribution in [0.15, 0.2) is 40.4 Å². The zero-order valence-corrected chi connectivity index (χ0v) is 14.4. The number of benzene rings is 1. The lowest BCUT2D eigenvalue weighted by atomic mass is 10.1. The largest absolute Gasteiger partial charge is 0.383 e. The molecule has 0 unspecified atom stereocenters. The van der Waals surface area contributed by atoms with Crippen LogP contribution in [0, 0.1) is 0 Å². The van der Waals surface area contributed by atoms with Gasteiger partial charge < -0.3 is 16.4 Å². The molecule has 3 heterocycles.